The third-order valence-electron chi connectivity index (χ3n) is 4.34. The molecule has 3 rings (SSSR count). The van der Waals surface area contributed by atoms with Crippen LogP contribution in [0.2, 0.25) is 5.02 Å². The van der Waals surface area contributed by atoms with Crippen LogP contribution in [-0.2, 0) is 11.4 Å². The van der Waals surface area contributed by atoms with Crippen molar-refractivity contribution in [3.8, 4) is 11.5 Å². The van der Waals surface area contributed by atoms with Crippen molar-refractivity contribution >= 4 is 29.6 Å². The lowest BCUT2D eigenvalue weighted by Gasteiger charge is -2.07. The molecule has 2 N–H and O–H groups in total. The summed E-state index contributed by atoms with van der Waals surface area (Å²) in [5, 5.41) is 7.13. The number of halogens is 1. The van der Waals surface area contributed by atoms with Crippen molar-refractivity contribution in [3.63, 3.8) is 0 Å². The second-order valence-corrected chi connectivity index (χ2v) is 7.13. The van der Waals surface area contributed by atoms with Crippen LogP contribution in [0, 0.1) is 0 Å². The van der Waals surface area contributed by atoms with Gasteiger partial charge in [0.05, 0.1) is 19.9 Å². The van der Waals surface area contributed by atoms with E-state index < -0.39 is 5.91 Å². The fourth-order valence-corrected chi connectivity index (χ4v) is 2.78. The quantitative estimate of drug-likeness (QED) is 0.382. The Morgan fingerprint density at radius 2 is 1.75 bits per heavy atom. The summed E-state index contributed by atoms with van der Waals surface area (Å²) in [5.74, 6) is 0.505. The van der Waals surface area contributed by atoms with Crippen molar-refractivity contribution < 1.29 is 19.1 Å². The minimum Gasteiger partial charge on any atom is -0.497 e. The SMILES string of the molecule is COc1ccc(C(=O)NCC(=O)NN=Cc2cccc(OCc3ccc(Cl)cc3)c2)cc1. The molecule has 0 fully saturated rings. The minimum absolute atomic E-state index is 0.202. The van der Waals surface area contributed by atoms with Gasteiger partial charge in [-0.3, -0.25) is 9.59 Å². The maximum absolute atomic E-state index is 12.1. The summed E-state index contributed by atoms with van der Waals surface area (Å²) < 4.78 is 10.8. The number of nitrogens with zero attached hydrogens (tertiary/aromatic N) is 1. The predicted octanol–water partition coefficient (Wildman–Crippen LogP) is 3.81. The molecular weight excluding hydrogens is 430 g/mol. The van der Waals surface area contributed by atoms with Gasteiger partial charge in [-0.2, -0.15) is 5.10 Å². The number of rotatable bonds is 9. The van der Waals surface area contributed by atoms with Crippen LogP contribution >= 0.6 is 11.6 Å². The molecule has 0 saturated heterocycles. The molecule has 0 saturated carbocycles. The van der Waals surface area contributed by atoms with E-state index in [0.717, 1.165) is 11.1 Å². The van der Waals surface area contributed by atoms with Crippen molar-refractivity contribution in [1.82, 2.24) is 10.7 Å². The van der Waals surface area contributed by atoms with Crippen LogP contribution in [0.1, 0.15) is 21.5 Å². The number of benzene rings is 3. The molecule has 0 unspecified atom stereocenters. The molecule has 0 atom stereocenters. The van der Waals surface area contributed by atoms with Gasteiger partial charge < -0.3 is 14.8 Å². The summed E-state index contributed by atoms with van der Waals surface area (Å²) in [5.41, 5.74) is 4.56. The Balaban J connectivity index is 1.44. The molecule has 0 aliphatic heterocycles. The molecule has 8 heteroatoms. The highest BCUT2D eigenvalue weighted by atomic mass is 35.5. The largest absolute Gasteiger partial charge is 0.497 e. The van der Waals surface area contributed by atoms with E-state index in [1.54, 1.807) is 37.4 Å². The molecule has 0 aromatic heterocycles. The zero-order chi connectivity index (χ0) is 22.8. The first-order chi connectivity index (χ1) is 15.5. The van der Waals surface area contributed by atoms with Crippen molar-refractivity contribution in [2.45, 2.75) is 6.61 Å². The number of amides is 2. The molecule has 0 bridgehead atoms. The van der Waals surface area contributed by atoms with Gasteiger partial charge in [0.25, 0.3) is 11.8 Å². The number of hydrazone groups is 1. The predicted molar refractivity (Wildman–Crippen MR) is 123 cm³/mol. The lowest BCUT2D eigenvalue weighted by Crippen LogP contribution is -2.34. The number of hydrogen-bond acceptors (Lipinski definition) is 5. The molecule has 0 spiro atoms. The minimum atomic E-state index is -0.446. The number of methoxy groups -OCH3 is 1. The molecule has 32 heavy (non-hydrogen) atoms. The highest BCUT2D eigenvalue weighted by Gasteiger charge is 2.07. The van der Waals surface area contributed by atoms with Crippen LogP contribution in [0.15, 0.2) is 77.9 Å². The molecule has 3 aromatic carbocycles. The third kappa shape index (κ3) is 7.14. The van der Waals surface area contributed by atoms with E-state index in [1.807, 2.05) is 42.5 Å². The van der Waals surface area contributed by atoms with Crippen molar-refractivity contribution in [3.05, 3.63) is 94.5 Å². The normalized spacial score (nSPS) is 10.6. The highest BCUT2D eigenvalue weighted by molar-refractivity contribution is 6.30. The van der Waals surface area contributed by atoms with Crippen molar-refractivity contribution in [2.24, 2.45) is 5.10 Å². The molecule has 0 aliphatic carbocycles. The summed E-state index contributed by atoms with van der Waals surface area (Å²) in [4.78, 5) is 24.0. The summed E-state index contributed by atoms with van der Waals surface area (Å²) in [6.07, 6.45) is 1.50. The molecular formula is C24H22ClN3O4. The van der Waals surface area contributed by atoms with Crippen molar-refractivity contribution in [1.29, 1.82) is 0 Å². The van der Waals surface area contributed by atoms with Crippen LogP contribution in [-0.4, -0.2) is 31.7 Å². The van der Waals surface area contributed by atoms with Gasteiger partial charge in [-0.05, 0) is 59.7 Å². The van der Waals surface area contributed by atoms with Gasteiger partial charge in [0.15, 0.2) is 0 Å². The van der Waals surface area contributed by atoms with Gasteiger partial charge in [0.2, 0.25) is 0 Å². The molecule has 0 radical (unpaired) electrons. The van der Waals surface area contributed by atoms with Crippen molar-refractivity contribution in [2.75, 3.05) is 13.7 Å². The molecule has 0 heterocycles. The maximum Gasteiger partial charge on any atom is 0.259 e. The Kier molecular flexibility index (Phi) is 8.22. The van der Waals surface area contributed by atoms with Gasteiger partial charge in [0, 0.05) is 10.6 Å². The van der Waals surface area contributed by atoms with E-state index in [0.29, 0.717) is 28.7 Å². The Hall–Kier alpha value is -3.84. The zero-order valence-corrected chi connectivity index (χ0v) is 18.1. The molecule has 164 valence electrons. The zero-order valence-electron chi connectivity index (χ0n) is 17.4. The Bertz CT molecular complexity index is 1080. The van der Waals surface area contributed by atoms with Gasteiger partial charge in [-0.1, -0.05) is 35.9 Å². The van der Waals surface area contributed by atoms with E-state index in [9.17, 15) is 9.59 Å². The highest BCUT2D eigenvalue weighted by Crippen LogP contribution is 2.16. The second kappa shape index (κ2) is 11.5. The molecule has 3 aromatic rings. The summed E-state index contributed by atoms with van der Waals surface area (Å²) >= 11 is 5.88. The first-order valence-corrected chi connectivity index (χ1v) is 10.1. The van der Waals surface area contributed by atoms with Gasteiger partial charge in [-0.25, -0.2) is 5.43 Å². The summed E-state index contributed by atoms with van der Waals surface area (Å²) in [6.45, 7) is 0.203. The number of carbonyl (C=O) groups is 2. The van der Waals surface area contributed by atoms with Gasteiger partial charge >= 0.3 is 0 Å². The Morgan fingerprint density at radius 1 is 1.00 bits per heavy atom. The maximum atomic E-state index is 12.1. The Labute approximate surface area is 191 Å². The van der Waals surface area contributed by atoms with Crippen LogP contribution in [0.25, 0.3) is 0 Å². The standard InChI is InChI=1S/C24H22ClN3O4/c1-31-21-11-7-19(8-12-21)24(30)26-15-23(29)28-27-14-18-3-2-4-22(13-18)32-16-17-5-9-20(25)10-6-17/h2-14H,15-16H2,1H3,(H,26,30)(H,28,29). The van der Waals surface area contributed by atoms with Crippen LogP contribution < -0.4 is 20.2 Å². The average molecular weight is 452 g/mol. The molecule has 0 aliphatic rings. The van der Waals surface area contributed by atoms with Gasteiger partial charge in [-0.15, -0.1) is 0 Å². The molecule has 2 amide bonds. The first-order valence-electron chi connectivity index (χ1n) is 9.75. The Morgan fingerprint density at radius 3 is 2.47 bits per heavy atom. The lowest BCUT2D eigenvalue weighted by molar-refractivity contribution is -0.120. The second-order valence-electron chi connectivity index (χ2n) is 6.69. The van der Waals surface area contributed by atoms with Crippen LogP contribution in [0.3, 0.4) is 0 Å². The number of ether oxygens (including phenoxy) is 2. The van der Waals surface area contributed by atoms with E-state index in [4.69, 9.17) is 21.1 Å². The summed E-state index contributed by atoms with van der Waals surface area (Å²) in [6, 6.07) is 21.3. The van der Waals surface area contributed by atoms with Crippen LogP contribution in [0.5, 0.6) is 11.5 Å². The lowest BCUT2D eigenvalue weighted by atomic mass is 10.2. The topological polar surface area (TPSA) is 89.0 Å². The van der Waals surface area contributed by atoms with Gasteiger partial charge in [0.1, 0.15) is 18.1 Å². The number of nitrogens with one attached hydrogen (secondary N) is 2. The van der Waals surface area contributed by atoms with Crippen LogP contribution in [0.4, 0.5) is 0 Å². The fraction of sp³-hybridized carbons (Fsp3) is 0.125. The number of carbonyl (C=O) groups excluding carboxylic acids is 2. The molecule has 7 nitrogen and oxygen atoms in total. The smallest absolute Gasteiger partial charge is 0.259 e. The first kappa shape index (κ1) is 22.8. The monoisotopic (exact) mass is 451 g/mol. The fourth-order valence-electron chi connectivity index (χ4n) is 2.66. The van der Waals surface area contributed by atoms with E-state index in [-0.39, 0.29) is 12.5 Å². The number of hydrogen-bond donors (Lipinski definition) is 2. The van der Waals surface area contributed by atoms with E-state index in [1.165, 1.54) is 6.21 Å². The third-order valence-corrected chi connectivity index (χ3v) is 4.59. The summed E-state index contributed by atoms with van der Waals surface area (Å²) in [7, 11) is 1.55. The van der Waals surface area contributed by atoms with E-state index >= 15 is 0 Å². The average Bonchev–Trinajstić information content (AvgIpc) is 2.82. The van der Waals surface area contributed by atoms with E-state index in [2.05, 4.69) is 15.8 Å².